The lowest BCUT2D eigenvalue weighted by Crippen LogP contribution is -2.45. The van der Waals surface area contributed by atoms with Crippen LogP contribution in [0, 0.1) is 29.1 Å². The first kappa shape index (κ1) is 13.2. The monoisotopic (exact) mass is 262 g/mol. The highest BCUT2D eigenvalue weighted by atomic mass is 16.6. The molecule has 0 spiro atoms. The lowest BCUT2D eigenvalue weighted by Gasteiger charge is -2.46. The van der Waals surface area contributed by atoms with Crippen molar-refractivity contribution in [3.05, 3.63) is 12.2 Å². The van der Waals surface area contributed by atoms with Crippen molar-refractivity contribution in [3.8, 4) is 0 Å². The minimum Gasteiger partial charge on any atom is -0.460 e. The molecule has 2 heteroatoms. The third-order valence-electron chi connectivity index (χ3n) is 6.45. The van der Waals surface area contributed by atoms with Crippen molar-refractivity contribution in [1.82, 2.24) is 0 Å². The van der Waals surface area contributed by atoms with E-state index in [0.29, 0.717) is 17.3 Å². The van der Waals surface area contributed by atoms with E-state index in [0.717, 1.165) is 11.8 Å². The minimum absolute atomic E-state index is 0.160. The molecule has 5 atom stereocenters. The van der Waals surface area contributed by atoms with Crippen LogP contribution in [0.3, 0.4) is 0 Å². The molecule has 0 aliphatic heterocycles. The zero-order valence-corrected chi connectivity index (χ0v) is 12.7. The van der Waals surface area contributed by atoms with Crippen LogP contribution in [0.25, 0.3) is 0 Å². The van der Waals surface area contributed by atoms with E-state index < -0.39 is 0 Å². The molecule has 0 radical (unpaired) electrons. The third kappa shape index (κ3) is 1.64. The smallest absolute Gasteiger partial charge is 0.303 e. The van der Waals surface area contributed by atoms with Crippen LogP contribution >= 0.6 is 0 Å². The normalized spacial score (nSPS) is 44.5. The van der Waals surface area contributed by atoms with Crippen molar-refractivity contribution in [2.24, 2.45) is 29.1 Å². The summed E-state index contributed by atoms with van der Waals surface area (Å²) >= 11 is 0. The van der Waals surface area contributed by atoms with Crippen LogP contribution in [0.2, 0.25) is 0 Å². The van der Waals surface area contributed by atoms with Crippen LogP contribution in [-0.4, -0.2) is 11.6 Å². The van der Waals surface area contributed by atoms with Gasteiger partial charge in [-0.1, -0.05) is 19.1 Å². The van der Waals surface area contributed by atoms with Gasteiger partial charge in [0.1, 0.15) is 5.60 Å². The topological polar surface area (TPSA) is 26.3 Å². The quantitative estimate of drug-likeness (QED) is 0.556. The highest BCUT2D eigenvalue weighted by Crippen LogP contribution is 2.70. The fourth-order valence-corrected chi connectivity index (χ4v) is 5.72. The van der Waals surface area contributed by atoms with Gasteiger partial charge in [0.2, 0.25) is 0 Å². The van der Waals surface area contributed by atoms with Crippen LogP contribution in [0.5, 0.6) is 0 Å². The van der Waals surface area contributed by atoms with E-state index in [4.69, 9.17) is 4.74 Å². The maximum absolute atomic E-state index is 11.4. The summed E-state index contributed by atoms with van der Waals surface area (Å²) in [6, 6.07) is 0. The molecule has 5 unspecified atom stereocenters. The van der Waals surface area contributed by atoms with Crippen molar-refractivity contribution < 1.29 is 9.53 Å². The predicted octanol–water partition coefficient (Wildman–Crippen LogP) is 3.96. The van der Waals surface area contributed by atoms with Crippen molar-refractivity contribution in [2.75, 3.05) is 0 Å². The molecule has 0 aromatic carbocycles. The average Bonchev–Trinajstić information content (AvgIpc) is 2.66. The Morgan fingerprint density at radius 2 is 2.05 bits per heavy atom. The summed E-state index contributed by atoms with van der Waals surface area (Å²) in [5, 5.41) is 0. The Morgan fingerprint density at radius 3 is 2.68 bits per heavy atom. The van der Waals surface area contributed by atoms with Gasteiger partial charge in [-0.25, -0.2) is 0 Å². The number of hydrogen-bond acceptors (Lipinski definition) is 2. The van der Waals surface area contributed by atoms with Gasteiger partial charge >= 0.3 is 5.97 Å². The minimum atomic E-state index is -0.356. The number of rotatable bonds is 2. The highest BCUT2D eigenvalue weighted by molar-refractivity contribution is 5.66. The van der Waals surface area contributed by atoms with Gasteiger partial charge in [-0.2, -0.15) is 0 Å². The zero-order chi connectivity index (χ0) is 14.0. The van der Waals surface area contributed by atoms with Gasteiger partial charge in [-0.05, 0) is 62.7 Å². The average molecular weight is 262 g/mol. The van der Waals surface area contributed by atoms with E-state index in [9.17, 15) is 4.79 Å². The molecule has 2 nitrogen and oxygen atoms in total. The number of carbonyl (C=O) groups is 1. The summed E-state index contributed by atoms with van der Waals surface area (Å²) in [5.74, 6) is 2.37. The molecule has 3 fully saturated rings. The van der Waals surface area contributed by atoms with E-state index in [2.05, 4.69) is 27.4 Å². The van der Waals surface area contributed by atoms with Gasteiger partial charge in [0, 0.05) is 12.8 Å². The van der Waals surface area contributed by atoms with Gasteiger partial charge in [-0.15, -0.1) is 0 Å². The zero-order valence-electron chi connectivity index (χ0n) is 12.7. The summed E-state index contributed by atoms with van der Waals surface area (Å²) in [7, 11) is 0. The summed E-state index contributed by atoms with van der Waals surface area (Å²) in [5.41, 5.74) is 1.59. The van der Waals surface area contributed by atoms with Gasteiger partial charge in [0.15, 0.2) is 0 Å². The Hall–Kier alpha value is -0.790. The second-order valence-corrected chi connectivity index (χ2v) is 7.69. The number of carbonyl (C=O) groups excluding carboxylic acids is 1. The largest absolute Gasteiger partial charge is 0.460 e. The molecule has 0 N–H and O–H groups in total. The number of ether oxygens (including phenoxy) is 1. The molecule has 0 aromatic heterocycles. The molecule has 3 aliphatic rings. The third-order valence-corrected chi connectivity index (χ3v) is 6.45. The van der Waals surface area contributed by atoms with Crippen molar-refractivity contribution in [1.29, 1.82) is 0 Å². The molecule has 0 aromatic rings. The van der Waals surface area contributed by atoms with Crippen LogP contribution in [-0.2, 0) is 9.53 Å². The standard InChI is InChI=1S/C17H26O2/c1-10-12-6-7-14-15(10)13(8-9-17(12,14)5)16(3,4)19-11(2)18/h12-15H,1,6-9H2,2-5H3. The SMILES string of the molecule is C=C1C2C(C(C)(C)OC(C)=O)CCC3(C)C1CCC23. The maximum atomic E-state index is 11.4. The second kappa shape index (κ2) is 3.86. The van der Waals surface area contributed by atoms with Crippen LogP contribution in [0.1, 0.15) is 53.4 Å². The van der Waals surface area contributed by atoms with Crippen molar-refractivity contribution in [3.63, 3.8) is 0 Å². The summed E-state index contributed by atoms with van der Waals surface area (Å²) in [6.07, 6.45) is 5.12. The molecule has 3 rings (SSSR count). The number of hydrogen-bond donors (Lipinski definition) is 0. The Labute approximate surface area is 116 Å². The molecular weight excluding hydrogens is 236 g/mol. The Balaban J connectivity index is 1.91. The molecule has 19 heavy (non-hydrogen) atoms. The molecule has 3 saturated carbocycles. The Bertz CT molecular complexity index is 437. The molecular formula is C17H26O2. The molecule has 4 bridgehead atoms. The van der Waals surface area contributed by atoms with Gasteiger partial charge in [0.25, 0.3) is 0 Å². The Kier molecular flexibility index (Phi) is 2.69. The molecule has 0 amide bonds. The van der Waals surface area contributed by atoms with Crippen molar-refractivity contribution >= 4 is 5.97 Å². The highest BCUT2D eigenvalue weighted by Gasteiger charge is 2.64. The van der Waals surface area contributed by atoms with E-state index in [1.54, 1.807) is 0 Å². The fourth-order valence-electron chi connectivity index (χ4n) is 5.72. The van der Waals surface area contributed by atoms with Gasteiger partial charge < -0.3 is 4.74 Å². The lowest BCUT2D eigenvalue weighted by atomic mass is 9.61. The van der Waals surface area contributed by atoms with Gasteiger partial charge in [0.05, 0.1) is 0 Å². The number of esters is 1. The lowest BCUT2D eigenvalue weighted by molar-refractivity contribution is -0.164. The first-order valence-corrected chi connectivity index (χ1v) is 7.65. The van der Waals surface area contributed by atoms with E-state index in [1.165, 1.54) is 38.2 Å². The predicted molar refractivity (Wildman–Crippen MR) is 75.5 cm³/mol. The first-order valence-electron chi connectivity index (χ1n) is 7.65. The van der Waals surface area contributed by atoms with Crippen molar-refractivity contribution in [2.45, 2.75) is 59.0 Å². The molecule has 106 valence electrons. The second-order valence-electron chi connectivity index (χ2n) is 7.69. The van der Waals surface area contributed by atoms with E-state index in [1.807, 2.05) is 0 Å². The van der Waals surface area contributed by atoms with Crippen LogP contribution < -0.4 is 0 Å². The molecule has 0 heterocycles. The van der Waals surface area contributed by atoms with Gasteiger partial charge in [-0.3, -0.25) is 4.79 Å². The maximum Gasteiger partial charge on any atom is 0.303 e. The fraction of sp³-hybridized carbons (Fsp3) is 0.824. The van der Waals surface area contributed by atoms with Crippen LogP contribution in [0.15, 0.2) is 12.2 Å². The number of allylic oxidation sites excluding steroid dienone is 1. The molecule has 3 aliphatic carbocycles. The van der Waals surface area contributed by atoms with Crippen LogP contribution in [0.4, 0.5) is 0 Å². The van der Waals surface area contributed by atoms with E-state index >= 15 is 0 Å². The summed E-state index contributed by atoms with van der Waals surface area (Å²) < 4.78 is 5.64. The van der Waals surface area contributed by atoms with E-state index in [-0.39, 0.29) is 11.6 Å². The Morgan fingerprint density at radius 1 is 1.37 bits per heavy atom. The summed E-state index contributed by atoms with van der Waals surface area (Å²) in [4.78, 5) is 11.4. The molecule has 0 saturated heterocycles. The first-order chi connectivity index (χ1) is 8.77. The summed E-state index contributed by atoms with van der Waals surface area (Å²) in [6.45, 7) is 12.6.